The van der Waals surface area contributed by atoms with Gasteiger partial charge in [0.1, 0.15) is 0 Å². The van der Waals surface area contributed by atoms with Crippen LogP contribution in [0.3, 0.4) is 0 Å². The molecule has 1 saturated heterocycles. The molecule has 4 aromatic rings. The standard InChI is InChI=1S/C34H41N7O5S/c1-41-34(38-39-40-41)47-22-27-19-30(25-15-13-24(21-42)14-16-25)46-33(45-27)26-17-11-23(12-18-26)20-36-31(43)9-3-2-4-10-32(44)37-29-8-6-5-7-28(29)35/h5-8,11-18,27,30,33,42H,2-4,9-10,19-22,35H2,1H3,(H,36,43)(H,37,44)/t27-,30+,33+/m1/s1. The molecule has 0 saturated carbocycles. The van der Waals surface area contributed by atoms with E-state index in [1.165, 1.54) is 11.8 Å². The van der Waals surface area contributed by atoms with E-state index in [4.69, 9.17) is 15.2 Å². The first-order valence-corrected chi connectivity index (χ1v) is 16.7. The second-order valence-corrected chi connectivity index (χ2v) is 12.4. The summed E-state index contributed by atoms with van der Waals surface area (Å²) < 4.78 is 14.5. The normalized spacial score (nSPS) is 17.7. The molecule has 248 valence electrons. The first-order chi connectivity index (χ1) is 22.9. The number of nitrogens with zero attached hydrogens (tertiary/aromatic N) is 4. The number of amides is 2. The monoisotopic (exact) mass is 659 g/mol. The zero-order valence-corrected chi connectivity index (χ0v) is 27.2. The number of nitrogens with one attached hydrogen (secondary N) is 2. The lowest BCUT2D eigenvalue weighted by molar-refractivity contribution is -0.245. The summed E-state index contributed by atoms with van der Waals surface area (Å²) in [4.78, 5) is 24.6. The Kier molecular flexibility index (Phi) is 12.3. The Morgan fingerprint density at radius 1 is 0.936 bits per heavy atom. The number of ether oxygens (including phenoxy) is 2. The van der Waals surface area contributed by atoms with E-state index in [-0.39, 0.29) is 30.6 Å². The smallest absolute Gasteiger partial charge is 0.224 e. The van der Waals surface area contributed by atoms with Gasteiger partial charge in [-0.1, -0.05) is 78.8 Å². The summed E-state index contributed by atoms with van der Waals surface area (Å²) in [5, 5.41) is 27.7. The molecule has 12 nitrogen and oxygen atoms in total. The summed E-state index contributed by atoms with van der Waals surface area (Å²) in [6, 6.07) is 22.8. The van der Waals surface area contributed by atoms with Gasteiger partial charge in [-0.25, -0.2) is 4.68 Å². The number of aliphatic hydroxyl groups is 1. The Hall–Kier alpha value is -4.30. The van der Waals surface area contributed by atoms with Crippen LogP contribution in [0, 0.1) is 0 Å². The van der Waals surface area contributed by atoms with Crippen molar-refractivity contribution in [3.63, 3.8) is 0 Å². The predicted molar refractivity (Wildman–Crippen MR) is 179 cm³/mol. The van der Waals surface area contributed by atoms with Crippen molar-refractivity contribution in [1.29, 1.82) is 0 Å². The lowest BCUT2D eigenvalue weighted by atomic mass is 10.0. The van der Waals surface area contributed by atoms with E-state index in [9.17, 15) is 14.7 Å². The van der Waals surface area contributed by atoms with E-state index >= 15 is 0 Å². The second-order valence-electron chi connectivity index (χ2n) is 11.5. The van der Waals surface area contributed by atoms with Crippen molar-refractivity contribution in [2.24, 2.45) is 7.05 Å². The summed E-state index contributed by atoms with van der Waals surface area (Å²) in [5.74, 6) is 0.545. The van der Waals surface area contributed by atoms with Crippen LogP contribution < -0.4 is 16.4 Å². The van der Waals surface area contributed by atoms with E-state index in [0.717, 1.165) is 28.7 Å². The van der Waals surface area contributed by atoms with Gasteiger partial charge in [-0.05, 0) is 52.1 Å². The molecular formula is C34H41N7O5S. The Morgan fingerprint density at radius 2 is 1.64 bits per heavy atom. The van der Waals surface area contributed by atoms with E-state index < -0.39 is 6.29 Å². The van der Waals surface area contributed by atoms with Crippen LogP contribution in [-0.4, -0.2) is 49.0 Å². The fraction of sp³-hybridized carbons (Fsp3) is 0.382. The van der Waals surface area contributed by atoms with E-state index in [1.807, 2.05) is 60.7 Å². The number of anilines is 2. The molecule has 47 heavy (non-hydrogen) atoms. The van der Waals surface area contributed by atoms with Crippen molar-refractivity contribution in [3.05, 3.63) is 95.1 Å². The van der Waals surface area contributed by atoms with Crippen molar-refractivity contribution in [3.8, 4) is 0 Å². The molecule has 1 aliphatic heterocycles. The molecule has 3 atom stereocenters. The van der Waals surface area contributed by atoms with Crippen LogP contribution in [-0.2, 0) is 39.3 Å². The van der Waals surface area contributed by atoms with Gasteiger partial charge in [0.25, 0.3) is 0 Å². The highest BCUT2D eigenvalue weighted by molar-refractivity contribution is 7.99. The number of tetrazole rings is 1. The largest absolute Gasteiger partial charge is 0.397 e. The molecule has 1 aliphatic rings. The van der Waals surface area contributed by atoms with Crippen molar-refractivity contribution < 1.29 is 24.2 Å². The highest BCUT2D eigenvalue weighted by atomic mass is 32.2. The summed E-state index contributed by atoms with van der Waals surface area (Å²) in [5.41, 5.74) is 10.7. The molecule has 0 aliphatic carbocycles. The highest BCUT2D eigenvalue weighted by Crippen LogP contribution is 2.39. The number of aliphatic hydroxyl groups excluding tert-OH is 1. The number of carbonyl (C=O) groups excluding carboxylic acids is 2. The molecular weight excluding hydrogens is 618 g/mol. The molecule has 2 heterocycles. The molecule has 0 bridgehead atoms. The topological polar surface area (TPSA) is 167 Å². The zero-order valence-electron chi connectivity index (χ0n) is 26.4. The molecule has 0 unspecified atom stereocenters. The molecule has 1 fully saturated rings. The molecule has 5 N–H and O–H groups in total. The number of carbonyl (C=O) groups is 2. The van der Waals surface area contributed by atoms with Gasteiger partial charge in [-0.3, -0.25) is 9.59 Å². The van der Waals surface area contributed by atoms with Gasteiger partial charge < -0.3 is 30.9 Å². The van der Waals surface area contributed by atoms with Gasteiger partial charge in [-0.2, -0.15) is 0 Å². The highest BCUT2D eigenvalue weighted by Gasteiger charge is 2.32. The number of aromatic nitrogens is 4. The third kappa shape index (κ3) is 10.1. The Labute approximate surface area is 278 Å². The van der Waals surface area contributed by atoms with Crippen LogP contribution in [0.4, 0.5) is 11.4 Å². The number of hydrogen-bond acceptors (Lipinski definition) is 10. The number of benzene rings is 3. The van der Waals surface area contributed by atoms with Crippen LogP contribution in [0.5, 0.6) is 0 Å². The average Bonchev–Trinajstić information content (AvgIpc) is 3.51. The number of aryl methyl sites for hydroxylation is 1. The third-order valence-corrected chi connectivity index (χ3v) is 9.02. The van der Waals surface area contributed by atoms with Crippen LogP contribution >= 0.6 is 11.8 Å². The quantitative estimate of drug-likeness (QED) is 0.0789. The van der Waals surface area contributed by atoms with Crippen molar-refractivity contribution in [2.75, 3.05) is 16.8 Å². The summed E-state index contributed by atoms with van der Waals surface area (Å²) in [6.45, 7) is 0.402. The number of nitrogen functional groups attached to an aromatic ring is 1. The lowest BCUT2D eigenvalue weighted by Gasteiger charge is -2.36. The van der Waals surface area contributed by atoms with E-state index in [0.29, 0.717) is 60.9 Å². The first-order valence-electron chi connectivity index (χ1n) is 15.7. The molecule has 0 spiro atoms. The second kappa shape index (κ2) is 17.0. The van der Waals surface area contributed by atoms with Crippen molar-refractivity contribution in [1.82, 2.24) is 25.5 Å². The summed E-state index contributed by atoms with van der Waals surface area (Å²) in [7, 11) is 1.80. The van der Waals surface area contributed by atoms with Gasteiger partial charge >= 0.3 is 0 Å². The maximum atomic E-state index is 12.4. The number of rotatable bonds is 15. The Bertz CT molecular complexity index is 1600. The molecule has 3 aromatic carbocycles. The van der Waals surface area contributed by atoms with E-state index in [2.05, 4.69) is 26.2 Å². The number of unbranched alkanes of at least 4 members (excludes halogenated alkanes) is 2. The minimum atomic E-state index is -0.578. The minimum Gasteiger partial charge on any atom is -0.397 e. The first kappa shape index (κ1) is 34.0. The SMILES string of the molecule is Cn1nnnc1SC[C@H]1C[C@@H](c2ccc(CO)cc2)O[C@@H](c2ccc(CNC(=O)CCCCCC(=O)Nc3ccccc3N)cc2)O1. The van der Waals surface area contributed by atoms with Gasteiger partial charge in [0.05, 0.1) is 30.2 Å². The molecule has 2 amide bonds. The summed E-state index contributed by atoms with van der Waals surface area (Å²) >= 11 is 1.53. The average molecular weight is 660 g/mol. The van der Waals surface area contributed by atoms with Gasteiger partial charge in [0, 0.05) is 44.2 Å². The lowest BCUT2D eigenvalue weighted by Crippen LogP contribution is -2.31. The fourth-order valence-corrected chi connectivity index (χ4v) is 6.05. The van der Waals surface area contributed by atoms with Crippen molar-refractivity contribution in [2.45, 2.75) is 75.3 Å². The Morgan fingerprint density at radius 3 is 2.34 bits per heavy atom. The minimum absolute atomic E-state index is 0.0124. The van der Waals surface area contributed by atoms with Crippen LogP contribution in [0.25, 0.3) is 0 Å². The van der Waals surface area contributed by atoms with Crippen LogP contribution in [0.2, 0.25) is 0 Å². The van der Waals surface area contributed by atoms with Gasteiger partial charge in [-0.15, -0.1) is 5.10 Å². The maximum absolute atomic E-state index is 12.4. The van der Waals surface area contributed by atoms with Crippen molar-refractivity contribution >= 4 is 35.0 Å². The number of para-hydroxylation sites is 2. The number of thioether (sulfide) groups is 1. The molecule has 5 rings (SSSR count). The van der Waals surface area contributed by atoms with Gasteiger partial charge in [0.15, 0.2) is 6.29 Å². The maximum Gasteiger partial charge on any atom is 0.224 e. The predicted octanol–water partition coefficient (Wildman–Crippen LogP) is 4.83. The fourth-order valence-electron chi connectivity index (χ4n) is 5.19. The number of hydrogen-bond donors (Lipinski definition) is 4. The van der Waals surface area contributed by atoms with Crippen LogP contribution in [0.15, 0.2) is 78.0 Å². The molecule has 13 heteroatoms. The molecule has 0 radical (unpaired) electrons. The zero-order chi connectivity index (χ0) is 33.0. The number of nitrogens with two attached hydrogens (primary N) is 1. The van der Waals surface area contributed by atoms with Crippen LogP contribution in [0.1, 0.15) is 73.2 Å². The Balaban J connectivity index is 1.08. The van der Waals surface area contributed by atoms with Gasteiger partial charge in [0.2, 0.25) is 17.0 Å². The summed E-state index contributed by atoms with van der Waals surface area (Å²) in [6.07, 6.45) is 2.74. The third-order valence-electron chi connectivity index (χ3n) is 7.88. The molecule has 1 aromatic heterocycles. The van der Waals surface area contributed by atoms with E-state index in [1.54, 1.807) is 23.9 Å².